The normalized spacial score (nSPS) is 11.9. The molecule has 0 atom stereocenters. The van der Waals surface area contributed by atoms with Crippen molar-refractivity contribution in [2.45, 2.75) is 59.0 Å². The summed E-state index contributed by atoms with van der Waals surface area (Å²) in [7, 11) is 0. The van der Waals surface area contributed by atoms with Gasteiger partial charge in [0.2, 0.25) is 0 Å². The molecular weight excluding hydrogens is 276 g/mol. The molecule has 0 radical (unpaired) electrons. The number of carbonyl (C=O) groups excluding carboxylic acids is 1. The third kappa shape index (κ3) is 7.34. The van der Waals surface area contributed by atoms with Crippen LogP contribution in [-0.4, -0.2) is 24.8 Å². The smallest absolute Gasteiger partial charge is 0.407 e. The summed E-state index contributed by atoms with van der Waals surface area (Å²) in [6.07, 6.45) is 0.488. The minimum absolute atomic E-state index is 0.176. The molecule has 0 aliphatic heterocycles. The maximum atomic E-state index is 11.5. The van der Waals surface area contributed by atoms with Crippen molar-refractivity contribution in [2.75, 3.05) is 18.4 Å². The van der Waals surface area contributed by atoms with Crippen molar-refractivity contribution in [3.8, 4) is 0 Å². The molecule has 1 rings (SSSR count). The number of benzene rings is 1. The van der Waals surface area contributed by atoms with Gasteiger partial charge in [0.05, 0.1) is 0 Å². The molecule has 0 saturated heterocycles. The van der Waals surface area contributed by atoms with Crippen molar-refractivity contribution in [2.24, 2.45) is 0 Å². The third-order valence-electron chi connectivity index (χ3n) is 3.10. The molecule has 0 aliphatic carbocycles. The van der Waals surface area contributed by atoms with Crippen LogP contribution in [0.15, 0.2) is 24.3 Å². The lowest BCUT2D eigenvalue weighted by Gasteiger charge is -2.20. The number of ether oxygens (including phenoxy) is 1. The topological polar surface area (TPSA) is 50.4 Å². The Hall–Kier alpha value is -1.71. The number of carbonyl (C=O) groups is 1. The van der Waals surface area contributed by atoms with Crippen LogP contribution in [0.2, 0.25) is 0 Å². The lowest BCUT2D eigenvalue weighted by Crippen LogP contribution is -2.33. The van der Waals surface area contributed by atoms with Gasteiger partial charge >= 0.3 is 6.09 Å². The summed E-state index contributed by atoms with van der Waals surface area (Å²) in [5.41, 5.74) is 2.16. The highest BCUT2D eigenvalue weighted by Crippen LogP contribution is 2.23. The van der Waals surface area contributed by atoms with Gasteiger partial charge in [-0.25, -0.2) is 4.79 Å². The van der Waals surface area contributed by atoms with Crippen LogP contribution in [0.5, 0.6) is 0 Å². The Bertz CT molecular complexity index is 467. The van der Waals surface area contributed by atoms with E-state index in [1.165, 1.54) is 5.56 Å². The van der Waals surface area contributed by atoms with Crippen LogP contribution in [0.1, 0.15) is 53.5 Å². The minimum atomic E-state index is -0.447. The molecule has 0 aromatic heterocycles. The zero-order valence-electron chi connectivity index (χ0n) is 14.7. The van der Waals surface area contributed by atoms with E-state index in [2.05, 4.69) is 55.7 Å². The van der Waals surface area contributed by atoms with Crippen molar-refractivity contribution in [1.82, 2.24) is 5.32 Å². The molecule has 0 unspecified atom stereocenters. The van der Waals surface area contributed by atoms with Crippen molar-refractivity contribution in [1.29, 1.82) is 0 Å². The number of hydrogen-bond donors (Lipinski definition) is 2. The summed E-state index contributed by atoms with van der Waals surface area (Å²) in [5, 5.41) is 6.11. The monoisotopic (exact) mass is 306 g/mol. The maximum absolute atomic E-state index is 11.5. The average molecular weight is 306 g/mol. The summed E-state index contributed by atoms with van der Waals surface area (Å²) < 4.78 is 5.18. The van der Waals surface area contributed by atoms with Gasteiger partial charge in [-0.3, -0.25) is 0 Å². The maximum Gasteiger partial charge on any atom is 0.407 e. The highest BCUT2D eigenvalue weighted by atomic mass is 16.6. The van der Waals surface area contributed by atoms with E-state index in [1.54, 1.807) is 0 Å². The number of amides is 1. The van der Waals surface area contributed by atoms with Crippen LogP contribution < -0.4 is 10.6 Å². The number of alkyl carbamates (subject to hydrolysis) is 1. The zero-order valence-corrected chi connectivity index (χ0v) is 14.7. The first kappa shape index (κ1) is 18.3. The summed E-state index contributed by atoms with van der Waals surface area (Å²) >= 11 is 0. The molecule has 2 N–H and O–H groups in total. The Labute approximate surface area is 134 Å². The van der Waals surface area contributed by atoms with Crippen molar-refractivity contribution in [3.63, 3.8) is 0 Å². The Kier molecular flexibility index (Phi) is 6.27. The quantitative estimate of drug-likeness (QED) is 0.797. The van der Waals surface area contributed by atoms with Crippen molar-refractivity contribution >= 4 is 11.8 Å². The van der Waals surface area contributed by atoms with Crippen LogP contribution >= 0.6 is 0 Å². The first-order valence-corrected chi connectivity index (χ1v) is 7.89. The molecule has 1 aromatic rings. The SMILES string of the molecule is CC(C)(C)OC(=O)NCCCNc1ccc(C(C)(C)C)cc1. The molecule has 0 fully saturated rings. The van der Waals surface area contributed by atoms with Crippen molar-refractivity contribution in [3.05, 3.63) is 29.8 Å². The zero-order chi connectivity index (χ0) is 16.8. The molecular formula is C18H30N2O2. The Morgan fingerprint density at radius 1 is 1.00 bits per heavy atom. The van der Waals surface area contributed by atoms with Gasteiger partial charge < -0.3 is 15.4 Å². The minimum Gasteiger partial charge on any atom is -0.444 e. The van der Waals surface area contributed by atoms with Gasteiger partial charge in [0.25, 0.3) is 0 Å². The predicted octanol–water partition coefficient (Wildman–Crippen LogP) is 4.31. The molecule has 0 bridgehead atoms. The number of nitrogens with one attached hydrogen (secondary N) is 2. The molecule has 1 amide bonds. The second kappa shape index (κ2) is 7.52. The Balaban J connectivity index is 2.24. The second-order valence-electron chi connectivity index (χ2n) is 7.54. The first-order chi connectivity index (χ1) is 10.1. The van der Waals surface area contributed by atoms with Gasteiger partial charge in [-0.2, -0.15) is 0 Å². The largest absolute Gasteiger partial charge is 0.444 e. The molecule has 4 nitrogen and oxygen atoms in total. The van der Waals surface area contributed by atoms with E-state index in [1.807, 2.05) is 20.8 Å². The van der Waals surface area contributed by atoms with E-state index in [4.69, 9.17) is 4.74 Å². The molecule has 4 heteroatoms. The molecule has 0 aliphatic rings. The lowest BCUT2D eigenvalue weighted by atomic mass is 9.87. The number of rotatable bonds is 5. The van der Waals surface area contributed by atoms with Gasteiger partial charge in [-0.15, -0.1) is 0 Å². The van der Waals surface area contributed by atoms with E-state index >= 15 is 0 Å². The Morgan fingerprint density at radius 3 is 2.09 bits per heavy atom. The first-order valence-electron chi connectivity index (χ1n) is 7.89. The van der Waals surface area contributed by atoms with Crippen LogP contribution in [-0.2, 0) is 10.2 Å². The van der Waals surface area contributed by atoms with Crippen LogP contribution in [0.3, 0.4) is 0 Å². The van der Waals surface area contributed by atoms with Crippen LogP contribution in [0.25, 0.3) is 0 Å². The van der Waals surface area contributed by atoms with E-state index in [-0.39, 0.29) is 11.5 Å². The summed E-state index contributed by atoms with van der Waals surface area (Å²) in [4.78, 5) is 11.5. The fourth-order valence-electron chi connectivity index (χ4n) is 1.91. The third-order valence-corrected chi connectivity index (χ3v) is 3.10. The molecule has 0 saturated carbocycles. The molecule has 0 heterocycles. The second-order valence-corrected chi connectivity index (χ2v) is 7.54. The Morgan fingerprint density at radius 2 is 1.59 bits per heavy atom. The van der Waals surface area contributed by atoms with Gasteiger partial charge in [0.1, 0.15) is 5.60 Å². The standard InChI is InChI=1S/C18H30N2O2/c1-17(2,3)14-8-10-15(11-9-14)19-12-7-13-20-16(21)22-18(4,5)6/h8-11,19H,7,12-13H2,1-6H3,(H,20,21). The highest BCUT2D eigenvalue weighted by molar-refractivity contribution is 5.67. The van der Waals surface area contributed by atoms with Gasteiger partial charge in [0, 0.05) is 18.8 Å². The summed E-state index contributed by atoms with van der Waals surface area (Å²) in [6, 6.07) is 8.51. The van der Waals surface area contributed by atoms with Crippen LogP contribution in [0.4, 0.5) is 10.5 Å². The van der Waals surface area contributed by atoms with E-state index in [9.17, 15) is 4.79 Å². The summed E-state index contributed by atoms with van der Waals surface area (Å²) in [5.74, 6) is 0. The molecule has 1 aromatic carbocycles. The number of hydrogen-bond acceptors (Lipinski definition) is 3. The van der Waals surface area contributed by atoms with Gasteiger partial charge in [0.15, 0.2) is 0 Å². The van der Waals surface area contributed by atoms with Gasteiger partial charge in [-0.05, 0) is 50.3 Å². The number of anilines is 1. The van der Waals surface area contributed by atoms with Crippen LogP contribution in [0, 0.1) is 0 Å². The molecule has 22 heavy (non-hydrogen) atoms. The fourth-order valence-corrected chi connectivity index (χ4v) is 1.91. The fraction of sp³-hybridized carbons (Fsp3) is 0.611. The average Bonchev–Trinajstić information content (AvgIpc) is 2.35. The van der Waals surface area contributed by atoms with E-state index in [0.29, 0.717) is 6.54 Å². The van der Waals surface area contributed by atoms with Crippen molar-refractivity contribution < 1.29 is 9.53 Å². The molecule has 0 spiro atoms. The van der Waals surface area contributed by atoms with E-state index < -0.39 is 5.60 Å². The van der Waals surface area contributed by atoms with Gasteiger partial charge in [-0.1, -0.05) is 32.9 Å². The van der Waals surface area contributed by atoms with E-state index in [0.717, 1.165) is 18.7 Å². The predicted molar refractivity (Wildman–Crippen MR) is 92.5 cm³/mol. The summed E-state index contributed by atoms with van der Waals surface area (Å²) in [6.45, 7) is 13.6. The lowest BCUT2D eigenvalue weighted by molar-refractivity contribution is 0.0528. The molecule has 124 valence electrons. The highest BCUT2D eigenvalue weighted by Gasteiger charge is 2.15.